The minimum Gasteiger partial charge on any atom is -0.493 e. The molecule has 1 atom stereocenters. The number of likely N-dealkylation sites (tertiary alicyclic amines) is 1. The van der Waals surface area contributed by atoms with Gasteiger partial charge in [0.2, 0.25) is 0 Å². The fourth-order valence-corrected chi connectivity index (χ4v) is 4.45. The van der Waals surface area contributed by atoms with Crippen molar-refractivity contribution in [2.75, 3.05) is 33.9 Å². The molecule has 0 spiro atoms. The standard InChI is InChI=1S/C24H28ClNO5/c1-4-31-23(28)24(15-17-8-5-9-18(25)14-17)12-7-13-26(16-24)22(27)19-10-6-11-20(29-2)21(19)30-3/h5-6,8-11,14H,4,7,12-13,15-16H2,1-3H3. The quantitative estimate of drug-likeness (QED) is 0.591. The minimum atomic E-state index is -0.833. The van der Waals surface area contributed by atoms with Crippen LogP contribution in [0.2, 0.25) is 5.02 Å². The van der Waals surface area contributed by atoms with Crippen molar-refractivity contribution in [2.45, 2.75) is 26.2 Å². The van der Waals surface area contributed by atoms with Crippen LogP contribution in [-0.4, -0.2) is 50.7 Å². The second-order valence-electron chi connectivity index (χ2n) is 7.68. The lowest BCUT2D eigenvalue weighted by Crippen LogP contribution is -2.51. The zero-order chi connectivity index (χ0) is 22.4. The van der Waals surface area contributed by atoms with E-state index in [0.717, 1.165) is 5.56 Å². The fourth-order valence-electron chi connectivity index (χ4n) is 4.24. The molecular weight excluding hydrogens is 418 g/mol. The SMILES string of the molecule is CCOC(=O)C1(Cc2cccc(Cl)c2)CCCN(C(=O)c2cccc(OC)c2OC)C1. The van der Waals surface area contributed by atoms with Gasteiger partial charge in [0.15, 0.2) is 11.5 Å². The van der Waals surface area contributed by atoms with E-state index in [4.69, 9.17) is 25.8 Å². The minimum absolute atomic E-state index is 0.199. The van der Waals surface area contributed by atoms with Gasteiger partial charge in [0.25, 0.3) is 5.91 Å². The van der Waals surface area contributed by atoms with Crippen molar-refractivity contribution in [2.24, 2.45) is 5.41 Å². The number of halogens is 1. The third kappa shape index (κ3) is 4.96. The summed E-state index contributed by atoms with van der Waals surface area (Å²) in [5.41, 5.74) is 0.513. The van der Waals surface area contributed by atoms with Crippen molar-refractivity contribution in [3.05, 3.63) is 58.6 Å². The summed E-state index contributed by atoms with van der Waals surface area (Å²) in [5.74, 6) is 0.387. The van der Waals surface area contributed by atoms with Crippen LogP contribution in [0.15, 0.2) is 42.5 Å². The highest BCUT2D eigenvalue weighted by Gasteiger charge is 2.45. The molecule has 6 nitrogen and oxygen atoms in total. The van der Waals surface area contributed by atoms with Gasteiger partial charge in [0, 0.05) is 18.1 Å². The highest BCUT2D eigenvalue weighted by atomic mass is 35.5. The first-order chi connectivity index (χ1) is 14.9. The average Bonchev–Trinajstić information content (AvgIpc) is 2.78. The van der Waals surface area contributed by atoms with Crippen molar-refractivity contribution in [3.8, 4) is 11.5 Å². The van der Waals surface area contributed by atoms with Gasteiger partial charge in [-0.3, -0.25) is 9.59 Å². The van der Waals surface area contributed by atoms with E-state index in [2.05, 4.69) is 0 Å². The molecule has 1 fully saturated rings. The molecule has 1 aliphatic rings. The van der Waals surface area contributed by atoms with E-state index in [9.17, 15) is 9.59 Å². The predicted octanol–water partition coefficient (Wildman–Crippen LogP) is 4.39. The molecule has 3 rings (SSSR count). The summed E-state index contributed by atoms with van der Waals surface area (Å²) in [6.45, 7) is 2.89. The Morgan fingerprint density at radius 2 is 1.90 bits per heavy atom. The van der Waals surface area contributed by atoms with E-state index in [1.54, 1.807) is 36.1 Å². The molecule has 0 N–H and O–H groups in total. The number of amides is 1. The van der Waals surface area contributed by atoms with E-state index in [1.165, 1.54) is 14.2 Å². The third-order valence-electron chi connectivity index (χ3n) is 5.64. The van der Waals surface area contributed by atoms with Gasteiger partial charge in [-0.25, -0.2) is 0 Å². The normalized spacial score (nSPS) is 18.4. The number of methoxy groups -OCH3 is 2. The zero-order valence-corrected chi connectivity index (χ0v) is 18.9. The summed E-state index contributed by atoms with van der Waals surface area (Å²) < 4.78 is 16.2. The van der Waals surface area contributed by atoms with Crippen molar-refractivity contribution in [3.63, 3.8) is 0 Å². The molecule has 0 radical (unpaired) electrons. The maximum atomic E-state index is 13.4. The second-order valence-corrected chi connectivity index (χ2v) is 8.12. The first kappa shape index (κ1) is 22.9. The maximum Gasteiger partial charge on any atom is 0.314 e. The lowest BCUT2D eigenvalue weighted by atomic mass is 9.75. The number of carbonyl (C=O) groups is 2. The Balaban J connectivity index is 1.93. The molecule has 0 saturated carbocycles. The molecule has 0 aliphatic carbocycles. The fraction of sp³-hybridized carbons (Fsp3) is 0.417. The van der Waals surface area contributed by atoms with Gasteiger partial charge in [0.1, 0.15) is 0 Å². The van der Waals surface area contributed by atoms with Crippen LogP contribution in [0.5, 0.6) is 11.5 Å². The molecule has 2 aromatic carbocycles. The summed E-state index contributed by atoms with van der Waals surface area (Å²) in [7, 11) is 3.04. The number of ether oxygens (including phenoxy) is 3. The molecule has 1 amide bonds. The van der Waals surface area contributed by atoms with E-state index < -0.39 is 5.41 Å². The number of carbonyl (C=O) groups excluding carboxylic acids is 2. The lowest BCUT2D eigenvalue weighted by Gasteiger charge is -2.41. The number of nitrogens with zero attached hydrogens (tertiary/aromatic N) is 1. The molecule has 166 valence electrons. The number of benzene rings is 2. The van der Waals surface area contributed by atoms with Gasteiger partial charge in [-0.2, -0.15) is 0 Å². The smallest absolute Gasteiger partial charge is 0.314 e. The molecule has 1 saturated heterocycles. The molecular formula is C24H28ClNO5. The molecule has 0 aromatic heterocycles. The molecule has 7 heteroatoms. The van der Waals surface area contributed by atoms with Crippen molar-refractivity contribution >= 4 is 23.5 Å². The monoisotopic (exact) mass is 445 g/mol. The highest BCUT2D eigenvalue weighted by molar-refractivity contribution is 6.30. The van der Waals surface area contributed by atoms with Crippen LogP contribution >= 0.6 is 11.6 Å². The Morgan fingerprint density at radius 1 is 1.13 bits per heavy atom. The molecule has 1 aliphatic heterocycles. The van der Waals surface area contributed by atoms with Crippen LogP contribution in [0.25, 0.3) is 0 Å². The summed E-state index contributed by atoms with van der Waals surface area (Å²) in [4.78, 5) is 28.2. The van der Waals surface area contributed by atoms with Crippen LogP contribution < -0.4 is 9.47 Å². The number of rotatable bonds is 7. The van der Waals surface area contributed by atoms with Crippen LogP contribution in [0.4, 0.5) is 0 Å². The van der Waals surface area contributed by atoms with Crippen LogP contribution in [-0.2, 0) is 16.0 Å². The summed E-state index contributed by atoms with van der Waals surface area (Å²) in [6, 6.07) is 12.7. The maximum absolute atomic E-state index is 13.4. The van der Waals surface area contributed by atoms with Gasteiger partial charge in [-0.1, -0.05) is 29.8 Å². The van der Waals surface area contributed by atoms with Gasteiger partial charge >= 0.3 is 5.97 Å². The van der Waals surface area contributed by atoms with E-state index in [1.807, 2.05) is 18.2 Å². The van der Waals surface area contributed by atoms with E-state index in [-0.39, 0.29) is 25.0 Å². The first-order valence-electron chi connectivity index (χ1n) is 10.4. The average molecular weight is 446 g/mol. The Bertz CT molecular complexity index is 947. The van der Waals surface area contributed by atoms with Crippen molar-refractivity contribution in [1.82, 2.24) is 4.90 Å². The van der Waals surface area contributed by atoms with E-state index in [0.29, 0.717) is 47.9 Å². The zero-order valence-electron chi connectivity index (χ0n) is 18.2. The van der Waals surface area contributed by atoms with Gasteiger partial charge in [-0.05, 0) is 56.0 Å². The summed E-state index contributed by atoms with van der Waals surface area (Å²) in [5, 5.41) is 0.612. The predicted molar refractivity (Wildman–Crippen MR) is 119 cm³/mol. The molecule has 1 heterocycles. The number of esters is 1. The summed E-state index contributed by atoms with van der Waals surface area (Å²) >= 11 is 6.16. The lowest BCUT2D eigenvalue weighted by molar-refractivity contribution is -0.158. The second kappa shape index (κ2) is 10.1. The van der Waals surface area contributed by atoms with Gasteiger partial charge in [-0.15, -0.1) is 0 Å². The van der Waals surface area contributed by atoms with Gasteiger partial charge in [0.05, 0.1) is 31.8 Å². The first-order valence-corrected chi connectivity index (χ1v) is 10.7. The number of hydrogen-bond donors (Lipinski definition) is 0. The largest absolute Gasteiger partial charge is 0.493 e. The Morgan fingerprint density at radius 3 is 2.58 bits per heavy atom. The Kier molecular flexibility index (Phi) is 7.44. The molecule has 0 bridgehead atoms. The van der Waals surface area contributed by atoms with Crippen LogP contribution in [0.1, 0.15) is 35.7 Å². The summed E-state index contributed by atoms with van der Waals surface area (Å²) in [6.07, 6.45) is 1.78. The Hall–Kier alpha value is -2.73. The molecule has 2 aromatic rings. The van der Waals surface area contributed by atoms with Gasteiger partial charge < -0.3 is 19.1 Å². The number of piperidine rings is 1. The number of para-hydroxylation sites is 1. The van der Waals surface area contributed by atoms with Crippen molar-refractivity contribution < 1.29 is 23.8 Å². The number of hydrogen-bond acceptors (Lipinski definition) is 5. The Labute approximate surface area is 188 Å². The highest BCUT2D eigenvalue weighted by Crippen LogP contribution is 2.38. The van der Waals surface area contributed by atoms with E-state index >= 15 is 0 Å². The molecule has 31 heavy (non-hydrogen) atoms. The molecule has 1 unspecified atom stereocenters. The van der Waals surface area contributed by atoms with Crippen LogP contribution in [0, 0.1) is 5.41 Å². The van der Waals surface area contributed by atoms with Crippen molar-refractivity contribution in [1.29, 1.82) is 0 Å². The third-order valence-corrected chi connectivity index (χ3v) is 5.87. The van der Waals surface area contributed by atoms with Crippen LogP contribution in [0.3, 0.4) is 0 Å². The topological polar surface area (TPSA) is 65.1 Å².